The lowest BCUT2D eigenvalue weighted by molar-refractivity contribution is -0.120. The van der Waals surface area contributed by atoms with Crippen LogP contribution in [0.2, 0.25) is 5.02 Å². The Labute approximate surface area is 97.0 Å². The highest BCUT2D eigenvalue weighted by Gasteiger charge is 2.18. The van der Waals surface area contributed by atoms with Gasteiger partial charge in [0.05, 0.1) is 10.5 Å². The second-order valence-electron chi connectivity index (χ2n) is 3.53. The number of benzene rings is 1. The average molecular weight is 239 g/mol. The minimum Gasteiger partial charge on any atom is -0.369 e. The molecule has 0 aliphatic carbocycles. The van der Waals surface area contributed by atoms with E-state index in [1.54, 1.807) is 29.7 Å². The van der Waals surface area contributed by atoms with E-state index in [4.69, 9.17) is 23.1 Å². The van der Waals surface area contributed by atoms with E-state index in [-0.39, 0.29) is 5.95 Å². The van der Waals surface area contributed by atoms with Gasteiger partial charge in [-0.3, -0.25) is 9.36 Å². The zero-order valence-corrected chi connectivity index (χ0v) is 9.40. The summed E-state index contributed by atoms with van der Waals surface area (Å²) in [7, 11) is 0. The third-order valence-electron chi connectivity index (χ3n) is 2.50. The molecule has 0 saturated carbocycles. The first-order valence-corrected chi connectivity index (χ1v) is 5.11. The van der Waals surface area contributed by atoms with Crippen molar-refractivity contribution in [2.24, 2.45) is 5.73 Å². The Morgan fingerprint density at radius 3 is 2.88 bits per heavy atom. The summed E-state index contributed by atoms with van der Waals surface area (Å²) in [5.41, 5.74) is 12.3. The Hall–Kier alpha value is -1.75. The number of hydrogen-bond donors (Lipinski definition) is 2. The summed E-state index contributed by atoms with van der Waals surface area (Å²) in [6.07, 6.45) is 0. The first-order chi connectivity index (χ1) is 7.52. The number of halogens is 1. The van der Waals surface area contributed by atoms with E-state index in [2.05, 4.69) is 4.98 Å². The van der Waals surface area contributed by atoms with Gasteiger partial charge in [-0.1, -0.05) is 17.7 Å². The fourth-order valence-electron chi connectivity index (χ4n) is 1.64. The van der Waals surface area contributed by atoms with Crippen molar-refractivity contribution in [3.8, 4) is 0 Å². The molecule has 2 rings (SSSR count). The molecule has 0 radical (unpaired) electrons. The lowest BCUT2D eigenvalue weighted by Crippen LogP contribution is -2.24. The van der Waals surface area contributed by atoms with Gasteiger partial charge < -0.3 is 11.5 Å². The summed E-state index contributed by atoms with van der Waals surface area (Å²) < 4.78 is 1.57. The van der Waals surface area contributed by atoms with Crippen molar-refractivity contribution < 1.29 is 4.79 Å². The number of para-hydroxylation sites is 1. The van der Waals surface area contributed by atoms with Crippen molar-refractivity contribution in [2.75, 3.05) is 5.73 Å². The van der Waals surface area contributed by atoms with Crippen molar-refractivity contribution in [3.63, 3.8) is 0 Å². The van der Waals surface area contributed by atoms with Crippen LogP contribution in [0.15, 0.2) is 18.2 Å². The molecule has 1 heterocycles. The van der Waals surface area contributed by atoms with E-state index in [0.29, 0.717) is 16.1 Å². The van der Waals surface area contributed by atoms with Crippen molar-refractivity contribution >= 4 is 34.5 Å². The number of carbonyl (C=O) groups is 1. The normalized spacial score (nSPS) is 12.9. The summed E-state index contributed by atoms with van der Waals surface area (Å²) in [6.45, 7) is 1.67. The minimum absolute atomic E-state index is 0.231. The Balaban J connectivity index is 2.74. The monoisotopic (exact) mass is 238 g/mol. The molecule has 0 saturated heterocycles. The number of amides is 1. The molecule has 1 amide bonds. The molecule has 1 aromatic carbocycles. The highest BCUT2D eigenvalue weighted by molar-refractivity contribution is 6.35. The van der Waals surface area contributed by atoms with Gasteiger partial charge >= 0.3 is 0 Å². The van der Waals surface area contributed by atoms with Crippen molar-refractivity contribution in [1.29, 1.82) is 0 Å². The molecule has 84 valence electrons. The topological polar surface area (TPSA) is 86.9 Å². The lowest BCUT2D eigenvalue weighted by atomic mass is 10.2. The first kappa shape index (κ1) is 10.8. The third-order valence-corrected chi connectivity index (χ3v) is 2.80. The summed E-state index contributed by atoms with van der Waals surface area (Å²) in [4.78, 5) is 15.3. The standard InChI is InChI=1S/C10H11ClN4O/c1-5(9(12)16)15-7-4-2-3-6(11)8(7)14-10(15)13/h2-5H,1H3,(H2,12,16)(H2,13,14). The van der Waals surface area contributed by atoms with Crippen LogP contribution in [0.4, 0.5) is 5.95 Å². The molecular formula is C10H11ClN4O. The Bertz CT molecular complexity index is 563. The zero-order chi connectivity index (χ0) is 11.9. The molecule has 1 atom stereocenters. The molecule has 1 unspecified atom stereocenters. The van der Waals surface area contributed by atoms with Gasteiger partial charge in [0, 0.05) is 0 Å². The van der Waals surface area contributed by atoms with E-state index < -0.39 is 11.9 Å². The Morgan fingerprint density at radius 1 is 1.56 bits per heavy atom. The molecule has 1 aromatic heterocycles. The van der Waals surface area contributed by atoms with Crippen LogP contribution in [0.1, 0.15) is 13.0 Å². The average Bonchev–Trinajstić information content (AvgIpc) is 2.55. The molecule has 0 fully saturated rings. The lowest BCUT2D eigenvalue weighted by Gasteiger charge is -2.11. The number of anilines is 1. The molecule has 0 aliphatic rings. The maximum Gasteiger partial charge on any atom is 0.240 e. The summed E-state index contributed by atoms with van der Waals surface area (Å²) in [6, 6.07) is 4.73. The molecule has 0 spiro atoms. The van der Waals surface area contributed by atoms with Crippen LogP contribution in [-0.2, 0) is 4.79 Å². The fourth-order valence-corrected chi connectivity index (χ4v) is 1.85. The predicted molar refractivity (Wildman–Crippen MR) is 63.1 cm³/mol. The number of nitrogens with two attached hydrogens (primary N) is 2. The summed E-state index contributed by atoms with van der Waals surface area (Å²) in [5, 5.41) is 0.500. The summed E-state index contributed by atoms with van der Waals surface area (Å²) in [5.74, 6) is -0.236. The number of primary amides is 1. The number of nitrogens with zero attached hydrogens (tertiary/aromatic N) is 2. The van der Waals surface area contributed by atoms with Gasteiger partial charge in [-0.15, -0.1) is 0 Å². The Morgan fingerprint density at radius 2 is 2.25 bits per heavy atom. The molecule has 2 aromatic rings. The van der Waals surface area contributed by atoms with Crippen LogP contribution in [0, 0.1) is 0 Å². The second-order valence-corrected chi connectivity index (χ2v) is 3.93. The number of aromatic nitrogens is 2. The second kappa shape index (κ2) is 3.68. The number of imidazole rings is 1. The van der Waals surface area contributed by atoms with Gasteiger partial charge in [0.25, 0.3) is 0 Å². The predicted octanol–water partition coefficient (Wildman–Crippen LogP) is 1.32. The fraction of sp³-hybridized carbons (Fsp3) is 0.200. The van der Waals surface area contributed by atoms with E-state index in [1.165, 1.54) is 0 Å². The number of rotatable bonds is 2. The molecule has 5 nitrogen and oxygen atoms in total. The van der Waals surface area contributed by atoms with Crippen molar-refractivity contribution in [3.05, 3.63) is 23.2 Å². The highest BCUT2D eigenvalue weighted by atomic mass is 35.5. The van der Waals surface area contributed by atoms with Gasteiger partial charge in [0.1, 0.15) is 11.6 Å². The van der Waals surface area contributed by atoms with Gasteiger partial charge in [-0.25, -0.2) is 4.98 Å². The molecule has 16 heavy (non-hydrogen) atoms. The molecule has 0 bridgehead atoms. The quantitative estimate of drug-likeness (QED) is 0.827. The molecule has 0 aliphatic heterocycles. The van der Waals surface area contributed by atoms with Crippen LogP contribution >= 0.6 is 11.6 Å². The number of hydrogen-bond acceptors (Lipinski definition) is 3. The SMILES string of the molecule is CC(C(N)=O)n1c(N)nc2c(Cl)cccc21. The van der Waals surface area contributed by atoms with Gasteiger partial charge in [-0.05, 0) is 19.1 Å². The van der Waals surface area contributed by atoms with Crippen LogP contribution in [-0.4, -0.2) is 15.5 Å². The van der Waals surface area contributed by atoms with E-state index in [9.17, 15) is 4.79 Å². The zero-order valence-electron chi connectivity index (χ0n) is 8.64. The first-order valence-electron chi connectivity index (χ1n) is 4.73. The molecule has 4 N–H and O–H groups in total. The largest absolute Gasteiger partial charge is 0.369 e. The maximum atomic E-state index is 11.2. The molecule has 6 heteroatoms. The van der Waals surface area contributed by atoms with E-state index >= 15 is 0 Å². The van der Waals surface area contributed by atoms with Crippen molar-refractivity contribution in [1.82, 2.24) is 9.55 Å². The number of carbonyl (C=O) groups excluding carboxylic acids is 1. The van der Waals surface area contributed by atoms with Crippen LogP contribution in [0.25, 0.3) is 11.0 Å². The Kier molecular flexibility index (Phi) is 2.47. The van der Waals surface area contributed by atoms with E-state index in [1.807, 2.05) is 0 Å². The van der Waals surface area contributed by atoms with E-state index in [0.717, 1.165) is 0 Å². The van der Waals surface area contributed by atoms with Crippen molar-refractivity contribution in [2.45, 2.75) is 13.0 Å². The number of nitrogen functional groups attached to an aromatic ring is 1. The summed E-state index contributed by atoms with van der Waals surface area (Å²) >= 11 is 5.98. The minimum atomic E-state index is -0.552. The van der Waals surface area contributed by atoms with Gasteiger partial charge in [0.15, 0.2) is 0 Å². The van der Waals surface area contributed by atoms with Crippen LogP contribution in [0.5, 0.6) is 0 Å². The van der Waals surface area contributed by atoms with Crippen LogP contribution < -0.4 is 11.5 Å². The third kappa shape index (κ3) is 1.49. The van der Waals surface area contributed by atoms with Gasteiger partial charge in [-0.2, -0.15) is 0 Å². The van der Waals surface area contributed by atoms with Gasteiger partial charge in [0.2, 0.25) is 11.9 Å². The van der Waals surface area contributed by atoms with Crippen LogP contribution in [0.3, 0.4) is 0 Å². The number of fused-ring (bicyclic) bond motifs is 1. The highest BCUT2D eigenvalue weighted by Crippen LogP contribution is 2.27. The maximum absolute atomic E-state index is 11.2. The molecular weight excluding hydrogens is 228 g/mol. The smallest absolute Gasteiger partial charge is 0.240 e.